The maximum absolute atomic E-state index is 5.59. The quantitative estimate of drug-likeness (QED) is 0.678. The van der Waals surface area contributed by atoms with Gasteiger partial charge in [-0.15, -0.1) is 0 Å². The van der Waals surface area contributed by atoms with Gasteiger partial charge < -0.3 is 4.74 Å². The first-order valence-corrected chi connectivity index (χ1v) is 10.1. The summed E-state index contributed by atoms with van der Waals surface area (Å²) in [7, 11) is 1.83. The minimum absolute atomic E-state index is 0.335. The van der Waals surface area contributed by atoms with E-state index in [9.17, 15) is 0 Å². The lowest BCUT2D eigenvalue weighted by Gasteiger charge is -2.56. The number of likely N-dealkylation sites (tertiary alicyclic amines) is 1. The van der Waals surface area contributed by atoms with Gasteiger partial charge in [0.05, 0.1) is 12.8 Å². The zero-order valence-electron chi connectivity index (χ0n) is 16.9. The first kappa shape index (κ1) is 17.8. The number of nitrogens with zero attached hydrogens (tertiary/aromatic N) is 4. The predicted molar refractivity (Wildman–Crippen MR) is 110 cm³/mol. The van der Waals surface area contributed by atoms with Crippen molar-refractivity contribution in [3.8, 4) is 11.1 Å². The minimum Gasteiger partial charge on any atom is -0.384 e. The van der Waals surface area contributed by atoms with E-state index in [0.717, 1.165) is 43.0 Å². The fourth-order valence-electron chi connectivity index (χ4n) is 5.91. The van der Waals surface area contributed by atoms with Crippen LogP contribution in [0, 0.1) is 16.7 Å². The molecule has 5 rings (SSSR count). The van der Waals surface area contributed by atoms with E-state index >= 15 is 0 Å². The van der Waals surface area contributed by atoms with Gasteiger partial charge in [-0.05, 0) is 23.3 Å². The number of rotatable bonds is 5. The lowest BCUT2D eigenvalue weighted by Crippen LogP contribution is -2.55. The zero-order chi connectivity index (χ0) is 19.4. The van der Waals surface area contributed by atoms with Crippen LogP contribution in [-0.2, 0) is 11.3 Å². The number of hydrogen-bond acceptors (Lipinski definition) is 4. The Morgan fingerprint density at radius 3 is 2.75 bits per heavy atom. The van der Waals surface area contributed by atoms with Crippen LogP contribution in [-0.4, -0.2) is 46.3 Å². The normalized spacial score (nSPS) is 26.3. The number of aromatic nitrogens is 3. The Bertz CT molecular complexity index is 996. The Morgan fingerprint density at radius 1 is 1.18 bits per heavy atom. The average molecular weight is 377 g/mol. The Labute approximate surface area is 166 Å². The Kier molecular flexibility index (Phi) is 4.07. The van der Waals surface area contributed by atoms with Crippen molar-refractivity contribution in [3.05, 3.63) is 54.5 Å². The molecule has 2 fully saturated rings. The summed E-state index contributed by atoms with van der Waals surface area (Å²) in [5, 5.41) is 4.55. The van der Waals surface area contributed by atoms with Gasteiger partial charge in [0, 0.05) is 55.7 Å². The summed E-state index contributed by atoms with van der Waals surface area (Å²) in [6.45, 7) is 8.84. The van der Waals surface area contributed by atoms with Crippen LogP contribution in [0.2, 0.25) is 0 Å². The highest BCUT2D eigenvalue weighted by molar-refractivity contribution is 5.76. The van der Waals surface area contributed by atoms with E-state index in [4.69, 9.17) is 9.72 Å². The Morgan fingerprint density at radius 2 is 2.00 bits per heavy atom. The summed E-state index contributed by atoms with van der Waals surface area (Å²) in [5.74, 6) is 0.714. The smallest absolute Gasteiger partial charge is 0.162 e. The third kappa shape index (κ3) is 2.76. The molecule has 3 aromatic rings. The van der Waals surface area contributed by atoms with Crippen LogP contribution in [0.15, 0.2) is 48.9 Å². The highest BCUT2D eigenvalue weighted by atomic mass is 16.5. The molecule has 28 heavy (non-hydrogen) atoms. The van der Waals surface area contributed by atoms with E-state index in [2.05, 4.69) is 42.2 Å². The SMILES string of the molecule is COC[C@@]12CN(Cc3cnc4c(-c5ccccc5)cnn4c3)C[C@@H]1C(C)(C)C2. The molecule has 1 aromatic carbocycles. The summed E-state index contributed by atoms with van der Waals surface area (Å²) in [4.78, 5) is 7.32. The van der Waals surface area contributed by atoms with Crippen LogP contribution in [0.3, 0.4) is 0 Å². The molecule has 2 aliphatic rings. The van der Waals surface area contributed by atoms with Gasteiger partial charge in [-0.3, -0.25) is 4.90 Å². The molecule has 1 saturated carbocycles. The van der Waals surface area contributed by atoms with Crippen molar-refractivity contribution in [1.82, 2.24) is 19.5 Å². The summed E-state index contributed by atoms with van der Waals surface area (Å²) in [6, 6.07) is 10.3. The molecule has 1 aliphatic heterocycles. The number of ether oxygens (including phenoxy) is 1. The third-order valence-electron chi connectivity index (χ3n) is 6.80. The summed E-state index contributed by atoms with van der Waals surface area (Å²) in [5.41, 5.74) is 5.10. The molecule has 2 aromatic heterocycles. The second kappa shape index (κ2) is 6.39. The summed E-state index contributed by atoms with van der Waals surface area (Å²) >= 11 is 0. The van der Waals surface area contributed by atoms with Crippen LogP contribution in [0.1, 0.15) is 25.8 Å². The highest BCUT2D eigenvalue weighted by Crippen LogP contribution is 2.62. The first-order chi connectivity index (χ1) is 13.5. The van der Waals surface area contributed by atoms with Crippen molar-refractivity contribution in [2.45, 2.75) is 26.8 Å². The van der Waals surface area contributed by atoms with Crippen LogP contribution >= 0.6 is 0 Å². The van der Waals surface area contributed by atoms with Gasteiger partial charge in [0.15, 0.2) is 5.65 Å². The standard InChI is InChI=1S/C23H28N4O/c1-22(2)14-23(16-28-3)15-26(13-20(22)23)11-17-9-24-21-19(10-25-27(21)12-17)18-7-5-4-6-8-18/h4-10,12,20H,11,13-16H2,1-3H3/t20-,23-/m1/s1. The van der Waals surface area contributed by atoms with E-state index < -0.39 is 0 Å². The van der Waals surface area contributed by atoms with Crippen LogP contribution < -0.4 is 0 Å². The van der Waals surface area contributed by atoms with E-state index in [1.54, 1.807) is 0 Å². The van der Waals surface area contributed by atoms with Gasteiger partial charge in [-0.25, -0.2) is 9.50 Å². The molecule has 0 unspecified atom stereocenters. The minimum atomic E-state index is 0.335. The number of hydrogen-bond donors (Lipinski definition) is 0. The van der Waals surface area contributed by atoms with Gasteiger partial charge in [0.2, 0.25) is 0 Å². The molecule has 5 heteroatoms. The van der Waals surface area contributed by atoms with Crippen molar-refractivity contribution in [2.75, 3.05) is 26.8 Å². The van der Waals surface area contributed by atoms with E-state index in [0.29, 0.717) is 16.7 Å². The van der Waals surface area contributed by atoms with Crippen LogP contribution in [0.25, 0.3) is 16.8 Å². The van der Waals surface area contributed by atoms with E-state index in [1.807, 2.05) is 42.2 Å². The van der Waals surface area contributed by atoms with Gasteiger partial charge in [-0.2, -0.15) is 5.10 Å². The summed E-state index contributed by atoms with van der Waals surface area (Å²) in [6.07, 6.45) is 7.31. The predicted octanol–water partition coefficient (Wildman–Crippen LogP) is 3.89. The molecule has 3 heterocycles. The zero-order valence-corrected chi connectivity index (χ0v) is 16.9. The van der Waals surface area contributed by atoms with Crippen molar-refractivity contribution >= 4 is 5.65 Å². The van der Waals surface area contributed by atoms with Gasteiger partial charge in [0.1, 0.15) is 0 Å². The molecule has 0 amide bonds. The van der Waals surface area contributed by atoms with Crippen molar-refractivity contribution in [3.63, 3.8) is 0 Å². The molecule has 0 bridgehead atoms. The van der Waals surface area contributed by atoms with Crippen molar-refractivity contribution in [2.24, 2.45) is 16.7 Å². The van der Waals surface area contributed by atoms with Gasteiger partial charge in [0.25, 0.3) is 0 Å². The fourth-order valence-corrected chi connectivity index (χ4v) is 5.91. The molecule has 146 valence electrons. The third-order valence-corrected chi connectivity index (χ3v) is 6.80. The lowest BCUT2D eigenvalue weighted by atomic mass is 9.48. The van der Waals surface area contributed by atoms with Crippen molar-refractivity contribution in [1.29, 1.82) is 0 Å². The maximum Gasteiger partial charge on any atom is 0.162 e. The molecule has 1 saturated heterocycles. The molecule has 0 N–H and O–H groups in total. The molecule has 1 aliphatic carbocycles. The molecule has 5 nitrogen and oxygen atoms in total. The Balaban J connectivity index is 1.37. The topological polar surface area (TPSA) is 42.7 Å². The number of fused-ring (bicyclic) bond motifs is 2. The monoisotopic (exact) mass is 376 g/mol. The van der Waals surface area contributed by atoms with Crippen LogP contribution in [0.4, 0.5) is 0 Å². The molecule has 0 radical (unpaired) electrons. The van der Waals surface area contributed by atoms with E-state index in [-0.39, 0.29) is 0 Å². The second-order valence-electron chi connectivity index (χ2n) is 9.34. The fraction of sp³-hybridized carbons (Fsp3) is 0.478. The van der Waals surface area contributed by atoms with Crippen LogP contribution in [0.5, 0.6) is 0 Å². The molecular formula is C23H28N4O. The first-order valence-electron chi connectivity index (χ1n) is 10.1. The second-order valence-corrected chi connectivity index (χ2v) is 9.34. The molecule has 2 atom stereocenters. The number of benzene rings is 1. The number of methoxy groups -OCH3 is 1. The maximum atomic E-state index is 5.59. The summed E-state index contributed by atoms with van der Waals surface area (Å²) < 4.78 is 7.51. The van der Waals surface area contributed by atoms with E-state index in [1.165, 1.54) is 12.0 Å². The highest BCUT2D eigenvalue weighted by Gasteiger charge is 2.62. The van der Waals surface area contributed by atoms with Gasteiger partial charge >= 0.3 is 0 Å². The Hall–Kier alpha value is -2.24. The lowest BCUT2D eigenvalue weighted by molar-refractivity contribution is -0.107. The molecular weight excluding hydrogens is 348 g/mol. The van der Waals surface area contributed by atoms with Crippen molar-refractivity contribution < 1.29 is 4.74 Å². The molecule has 0 spiro atoms. The largest absolute Gasteiger partial charge is 0.384 e. The van der Waals surface area contributed by atoms with Gasteiger partial charge in [-0.1, -0.05) is 44.2 Å². The average Bonchev–Trinajstić information content (AvgIpc) is 3.22.